The van der Waals surface area contributed by atoms with Crippen molar-refractivity contribution in [3.05, 3.63) is 23.8 Å². The molecule has 0 aromatic carbocycles. The molecule has 2 saturated carbocycles. The van der Waals surface area contributed by atoms with E-state index in [1.165, 1.54) is 19.3 Å². The van der Waals surface area contributed by atoms with Crippen LogP contribution in [0.15, 0.2) is 23.8 Å². The molecule has 0 aromatic heterocycles. The predicted octanol–water partition coefficient (Wildman–Crippen LogP) is 3.16. The molecular weight excluding hydrogens is 144 g/mol. The Labute approximate surface area is 74.4 Å². The van der Waals surface area contributed by atoms with Gasteiger partial charge in [-0.25, -0.2) is 0 Å². The van der Waals surface area contributed by atoms with Gasteiger partial charge >= 0.3 is 0 Å². The van der Waals surface area contributed by atoms with Crippen molar-refractivity contribution < 1.29 is 0 Å². The normalized spacial score (nSPS) is 49.2. The lowest BCUT2D eigenvalue weighted by molar-refractivity contribution is 0.337. The summed E-state index contributed by atoms with van der Waals surface area (Å²) in [7, 11) is 0. The first kappa shape index (κ1) is 6.94. The highest BCUT2D eigenvalue weighted by molar-refractivity contribution is 5.31. The number of hydrogen-bond donors (Lipinski definition) is 0. The molecule has 0 heterocycles. The van der Waals surface area contributed by atoms with Crippen LogP contribution in [0.2, 0.25) is 0 Å². The molecule has 0 N–H and O–H groups in total. The first-order valence-corrected chi connectivity index (χ1v) is 5.24. The van der Waals surface area contributed by atoms with Gasteiger partial charge in [-0.3, -0.25) is 0 Å². The SMILES string of the molecule is CC1C=CC=C2C3CCC(C3)C21. The number of hydrogen-bond acceptors (Lipinski definition) is 0. The number of allylic oxidation sites excluding steroid dienone is 4. The van der Waals surface area contributed by atoms with Crippen LogP contribution in [-0.4, -0.2) is 0 Å². The zero-order valence-electron chi connectivity index (χ0n) is 7.66. The number of rotatable bonds is 0. The Hall–Kier alpha value is -0.520. The van der Waals surface area contributed by atoms with E-state index >= 15 is 0 Å². The van der Waals surface area contributed by atoms with Crippen LogP contribution in [0, 0.1) is 23.7 Å². The Morgan fingerprint density at radius 2 is 2.25 bits per heavy atom. The summed E-state index contributed by atoms with van der Waals surface area (Å²) in [5, 5.41) is 0. The van der Waals surface area contributed by atoms with E-state index in [4.69, 9.17) is 0 Å². The molecule has 0 amide bonds. The van der Waals surface area contributed by atoms with Gasteiger partial charge in [-0.1, -0.05) is 30.7 Å². The molecule has 0 aromatic rings. The summed E-state index contributed by atoms with van der Waals surface area (Å²) >= 11 is 0. The zero-order valence-corrected chi connectivity index (χ0v) is 7.66. The van der Waals surface area contributed by atoms with Crippen molar-refractivity contribution in [1.29, 1.82) is 0 Å². The summed E-state index contributed by atoms with van der Waals surface area (Å²) in [6.07, 6.45) is 11.5. The first-order valence-electron chi connectivity index (χ1n) is 5.24. The van der Waals surface area contributed by atoms with Crippen molar-refractivity contribution in [2.45, 2.75) is 26.2 Å². The van der Waals surface area contributed by atoms with Crippen LogP contribution in [0.5, 0.6) is 0 Å². The molecule has 4 atom stereocenters. The average molecular weight is 160 g/mol. The first-order chi connectivity index (χ1) is 5.86. The summed E-state index contributed by atoms with van der Waals surface area (Å²) in [5.74, 6) is 3.78. The second kappa shape index (κ2) is 2.25. The van der Waals surface area contributed by atoms with Crippen LogP contribution >= 0.6 is 0 Å². The third-order valence-corrected chi connectivity index (χ3v) is 4.11. The third-order valence-electron chi connectivity index (χ3n) is 4.11. The summed E-state index contributed by atoms with van der Waals surface area (Å²) in [5.41, 5.74) is 1.79. The Morgan fingerprint density at radius 3 is 3.08 bits per heavy atom. The molecule has 0 radical (unpaired) electrons. The summed E-state index contributed by atoms with van der Waals surface area (Å²) < 4.78 is 0. The standard InChI is InChI=1S/C12H16/c1-8-3-2-4-11-9-5-6-10(7-9)12(8)11/h2-4,8-10,12H,5-7H2,1H3. The van der Waals surface area contributed by atoms with E-state index in [2.05, 4.69) is 25.2 Å². The third kappa shape index (κ3) is 0.734. The van der Waals surface area contributed by atoms with E-state index < -0.39 is 0 Å². The molecule has 2 bridgehead atoms. The van der Waals surface area contributed by atoms with Gasteiger partial charge in [-0.15, -0.1) is 0 Å². The molecule has 12 heavy (non-hydrogen) atoms. The van der Waals surface area contributed by atoms with Crippen LogP contribution in [0.1, 0.15) is 26.2 Å². The van der Waals surface area contributed by atoms with Gasteiger partial charge in [0.25, 0.3) is 0 Å². The molecule has 0 nitrogen and oxygen atoms in total. The minimum Gasteiger partial charge on any atom is -0.0811 e. The molecule has 4 unspecified atom stereocenters. The van der Waals surface area contributed by atoms with E-state index in [-0.39, 0.29) is 0 Å². The molecule has 0 aliphatic heterocycles. The van der Waals surface area contributed by atoms with Gasteiger partial charge < -0.3 is 0 Å². The van der Waals surface area contributed by atoms with Gasteiger partial charge in [-0.2, -0.15) is 0 Å². The van der Waals surface area contributed by atoms with Crippen molar-refractivity contribution >= 4 is 0 Å². The highest BCUT2D eigenvalue weighted by atomic mass is 14.5. The van der Waals surface area contributed by atoms with Crippen LogP contribution in [0.3, 0.4) is 0 Å². The lowest BCUT2D eigenvalue weighted by atomic mass is 9.74. The largest absolute Gasteiger partial charge is 0.0811 e. The van der Waals surface area contributed by atoms with E-state index in [1.807, 2.05) is 0 Å². The van der Waals surface area contributed by atoms with Crippen LogP contribution in [0.25, 0.3) is 0 Å². The van der Waals surface area contributed by atoms with Gasteiger partial charge in [-0.05, 0) is 42.9 Å². The van der Waals surface area contributed by atoms with Crippen molar-refractivity contribution in [2.24, 2.45) is 23.7 Å². The Kier molecular flexibility index (Phi) is 1.30. The van der Waals surface area contributed by atoms with Crippen LogP contribution in [0.4, 0.5) is 0 Å². The fourth-order valence-corrected chi connectivity index (χ4v) is 3.63. The summed E-state index contributed by atoms with van der Waals surface area (Å²) in [4.78, 5) is 0. The van der Waals surface area contributed by atoms with Crippen molar-refractivity contribution in [2.75, 3.05) is 0 Å². The van der Waals surface area contributed by atoms with E-state index in [0.29, 0.717) is 0 Å². The maximum atomic E-state index is 2.40. The van der Waals surface area contributed by atoms with Crippen molar-refractivity contribution in [3.8, 4) is 0 Å². The summed E-state index contributed by atoms with van der Waals surface area (Å²) in [6.45, 7) is 2.38. The van der Waals surface area contributed by atoms with Gasteiger partial charge in [0, 0.05) is 0 Å². The molecule has 3 aliphatic carbocycles. The molecule has 0 spiro atoms. The monoisotopic (exact) mass is 160 g/mol. The smallest absolute Gasteiger partial charge is 0.0108 e. The lowest BCUT2D eigenvalue weighted by Crippen LogP contribution is -2.21. The molecule has 2 fully saturated rings. The molecule has 3 aliphatic rings. The molecular formula is C12H16. The maximum Gasteiger partial charge on any atom is -0.0108 e. The highest BCUT2D eigenvalue weighted by Crippen LogP contribution is 2.55. The molecule has 0 heteroatoms. The Balaban J connectivity index is 2.02. The maximum absolute atomic E-state index is 2.40. The topological polar surface area (TPSA) is 0 Å². The quantitative estimate of drug-likeness (QED) is 0.510. The van der Waals surface area contributed by atoms with Crippen molar-refractivity contribution in [3.63, 3.8) is 0 Å². The van der Waals surface area contributed by atoms with E-state index in [9.17, 15) is 0 Å². The highest BCUT2D eigenvalue weighted by Gasteiger charge is 2.45. The molecule has 64 valence electrons. The van der Waals surface area contributed by atoms with E-state index in [1.54, 1.807) is 5.57 Å². The molecule has 3 rings (SSSR count). The fourth-order valence-electron chi connectivity index (χ4n) is 3.63. The molecule has 0 saturated heterocycles. The minimum absolute atomic E-state index is 0.820. The van der Waals surface area contributed by atoms with Gasteiger partial charge in [0.15, 0.2) is 0 Å². The Morgan fingerprint density at radius 1 is 1.33 bits per heavy atom. The van der Waals surface area contributed by atoms with Crippen LogP contribution in [-0.2, 0) is 0 Å². The predicted molar refractivity (Wildman–Crippen MR) is 50.7 cm³/mol. The average Bonchev–Trinajstić information content (AvgIpc) is 2.64. The van der Waals surface area contributed by atoms with Gasteiger partial charge in [0.1, 0.15) is 0 Å². The lowest BCUT2D eigenvalue weighted by Gasteiger charge is -2.30. The van der Waals surface area contributed by atoms with Crippen LogP contribution < -0.4 is 0 Å². The van der Waals surface area contributed by atoms with Crippen molar-refractivity contribution in [1.82, 2.24) is 0 Å². The second-order valence-corrected chi connectivity index (χ2v) is 4.71. The summed E-state index contributed by atoms with van der Waals surface area (Å²) in [6, 6.07) is 0. The second-order valence-electron chi connectivity index (χ2n) is 4.71. The van der Waals surface area contributed by atoms with E-state index in [0.717, 1.165) is 23.7 Å². The Bertz CT molecular complexity index is 259. The number of fused-ring (bicyclic) bond motifs is 5. The van der Waals surface area contributed by atoms with Gasteiger partial charge in [0.05, 0.1) is 0 Å². The fraction of sp³-hybridized carbons (Fsp3) is 0.667. The zero-order chi connectivity index (χ0) is 8.13. The minimum atomic E-state index is 0.820. The van der Waals surface area contributed by atoms with Gasteiger partial charge in [0.2, 0.25) is 0 Å².